The Labute approximate surface area is 109 Å². The van der Waals surface area contributed by atoms with E-state index in [1.54, 1.807) is 0 Å². The van der Waals surface area contributed by atoms with E-state index in [-0.39, 0.29) is 6.10 Å². The molecule has 0 radical (unpaired) electrons. The highest BCUT2D eigenvalue weighted by Crippen LogP contribution is 2.27. The third-order valence-electron chi connectivity index (χ3n) is 3.04. The average Bonchev–Trinajstić information content (AvgIpc) is 3.16. The highest BCUT2D eigenvalue weighted by Gasteiger charge is 2.20. The molecule has 1 aromatic rings. The fraction of sp³-hybridized carbons (Fsp3) is 0.600. The molecule has 1 atom stereocenters. The molecule has 3 nitrogen and oxygen atoms in total. The predicted octanol–water partition coefficient (Wildman–Crippen LogP) is 2.99. The van der Waals surface area contributed by atoms with Gasteiger partial charge in [-0.25, -0.2) is 0 Å². The minimum Gasteiger partial charge on any atom is -0.490 e. The topological polar surface area (TPSA) is 30.5 Å². The van der Waals surface area contributed by atoms with E-state index in [2.05, 4.69) is 12.2 Å². The third kappa shape index (κ3) is 4.22. The summed E-state index contributed by atoms with van der Waals surface area (Å²) in [7, 11) is 0. The van der Waals surface area contributed by atoms with Gasteiger partial charge in [0.1, 0.15) is 0 Å². The number of hydrogen-bond acceptors (Lipinski definition) is 3. The summed E-state index contributed by atoms with van der Waals surface area (Å²) in [6, 6.07) is 8.64. The second-order valence-corrected chi connectivity index (χ2v) is 4.83. The molecule has 1 aromatic carbocycles. The first-order chi connectivity index (χ1) is 8.79. The summed E-state index contributed by atoms with van der Waals surface area (Å²) in [5.41, 5.74) is 0. The van der Waals surface area contributed by atoms with Crippen molar-refractivity contribution in [2.45, 2.75) is 45.3 Å². The molecule has 0 aliphatic heterocycles. The Hall–Kier alpha value is -1.22. The van der Waals surface area contributed by atoms with Crippen molar-refractivity contribution in [1.29, 1.82) is 0 Å². The molecule has 0 bridgehead atoms. The number of hydrogen-bond donors (Lipinski definition) is 1. The second-order valence-electron chi connectivity index (χ2n) is 4.83. The minimum atomic E-state index is 0.206. The molecule has 1 aliphatic rings. The van der Waals surface area contributed by atoms with Crippen molar-refractivity contribution in [1.82, 2.24) is 5.32 Å². The van der Waals surface area contributed by atoms with Gasteiger partial charge in [0.2, 0.25) is 0 Å². The first-order valence-corrected chi connectivity index (χ1v) is 6.91. The van der Waals surface area contributed by atoms with E-state index in [0.29, 0.717) is 6.61 Å². The average molecular weight is 249 g/mol. The molecule has 1 N–H and O–H groups in total. The Morgan fingerprint density at radius 3 is 2.67 bits per heavy atom. The molecule has 100 valence electrons. The molecule has 2 rings (SSSR count). The Balaban J connectivity index is 1.79. The lowest BCUT2D eigenvalue weighted by Crippen LogP contribution is -2.23. The van der Waals surface area contributed by atoms with Gasteiger partial charge in [0, 0.05) is 6.04 Å². The summed E-state index contributed by atoms with van der Waals surface area (Å²) in [5.74, 6) is 1.68. The summed E-state index contributed by atoms with van der Waals surface area (Å²) in [6.45, 7) is 5.79. The van der Waals surface area contributed by atoms with Gasteiger partial charge in [0.15, 0.2) is 11.5 Å². The molecule has 1 fully saturated rings. The van der Waals surface area contributed by atoms with Gasteiger partial charge in [-0.05, 0) is 51.8 Å². The standard InChI is InChI=1S/C15H23NO2/c1-3-17-14-6-4-5-7-15(14)18-12(2)10-11-16-13-8-9-13/h4-7,12-13,16H,3,8-11H2,1-2H3. The highest BCUT2D eigenvalue weighted by atomic mass is 16.5. The second kappa shape index (κ2) is 6.64. The van der Waals surface area contributed by atoms with Crippen LogP contribution in [-0.2, 0) is 0 Å². The molecule has 1 unspecified atom stereocenters. The van der Waals surface area contributed by atoms with Crippen LogP contribution in [0.2, 0.25) is 0 Å². The van der Waals surface area contributed by atoms with Crippen LogP contribution in [0.25, 0.3) is 0 Å². The molecular formula is C15H23NO2. The lowest BCUT2D eigenvalue weighted by atomic mass is 10.2. The molecule has 0 spiro atoms. The Morgan fingerprint density at radius 1 is 1.28 bits per heavy atom. The van der Waals surface area contributed by atoms with Gasteiger partial charge >= 0.3 is 0 Å². The number of para-hydroxylation sites is 2. The molecule has 18 heavy (non-hydrogen) atoms. The lowest BCUT2D eigenvalue weighted by molar-refractivity contribution is 0.197. The maximum absolute atomic E-state index is 5.94. The first kappa shape index (κ1) is 13.2. The van der Waals surface area contributed by atoms with Crippen LogP contribution in [0.15, 0.2) is 24.3 Å². The molecule has 0 aromatic heterocycles. The smallest absolute Gasteiger partial charge is 0.161 e. The maximum atomic E-state index is 5.94. The normalized spacial score (nSPS) is 16.3. The van der Waals surface area contributed by atoms with Crippen LogP contribution in [0.1, 0.15) is 33.1 Å². The maximum Gasteiger partial charge on any atom is 0.161 e. The number of rotatable bonds is 8. The summed E-state index contributed by atoms with van der Waals surface area (Å²) in [4.78, 5) is 0. The van der Waals surface area contributed by atoms with Gasteiger partial charge in [0.25, 0.3) is 0 Å². The molecule has 0 saturated heterocycles. The van der Waals surface area contributed by atoms with Gasteiger partial charge in [0.05, 0.1) is 12.7 Å². The third-order valence-corrected chi connectivity index (χ3v) is 3.04. The SMILES string of the molecule is CCOc1ccccc1OC(C)CCNC1CC1. The molecule has 0 heterocycles. The predicted molar refractivity (Wildman–Crippen MR) is 73.3 cm³/mol. The zero-order valence-electron chi connectivity index (χ0n) is 11.3. The summed E-state index contributed by atoms with van der Waals surface area (Å²) in [6.07, 6.45) is 3.90. The number of benzene rings is 1. The van der Waals surface area contributed by atoms with Gasteiger partial charge in [-0.3, -0.25) is 0 Å². The van der Waals surface area contributed by atoms with E-state index in [1.165, 1.54) is 12.8 Å². The van der Waals surface area contributed by atoms with Crippen molar-refractivity contribution in [2.75, 3.05) is 13.2 Å². The van der Waals surface area contributed by atoms with Crippen LogP contribution in [0.5, 0.6) is 11.5 Å². The van der Waals surface area contributed by atoms with E-state index in [1.807, 2.05) is 31.2 Å². The number of ether oxygens (including phenoxy) is 2. The molecule has 0 amide bonds. The molecular weight excluding hydrogens is 226 g/mol. The first-order valence-electron chi connectivity index (χ1n) is 6.91. The monoisotopic (exact) mass is 249 g/mol. The van der Waals surface area contributed by atoms with Gasteiger partial charge in [-0.15, -0.1) is 0 Å². The van der Waals surface area contributed by atoms with Gasteiger partial charge in [-0.2, -0.15) is 0 Å². The molecule has 3 heteroatoms. The van der Waals surface area contributed by atoms with Crippen LogP contribution < -0.4 is 14.8 Å². The van der Waals surface area contributed by atoms with Crippen LogP contribution >= 0.6 is 0 Å². The van der Waals surface area contributed by atoms with Crippen molar-refractivity contribution < 1.29 is 9.47 Å². The van der Waals surface area contributed by atoms with E-state index >= 15 is 0 Å². The zero-order valence-corrected chi connectivity index (χ0v) is 11.3. The minimum absolute atomic E-state index is 0.206. The quantitative estimate of drug-likeness (QED) is 0.768. The van der Waals surface area contributed by atoms with Crippen LogP contribution in [0.3, 0.4) is 0 Å². The van der Waals surface area contributed by atoms with Gasteiger partial charge in [-0.1, -0.05) is 12.1 Å². The fourth-order valence-electron chi connectivity index (χ4n) is 1.88. The zero-order chi connectivity index (χ0) is 12.8. The highest BCUT2D eigenvalue weighted by molar-refractivity contribution is 5.39. The van der Waals surface area contributed by atoms with E-state index in [0.717, 1.165) is 30.5 Å². The van der Waals surface area contributed by atoms with Crippen LogP contribution in [0.4, 0.5) is 0 Å². The lowest BCUT2D eigenvalue weighted by Gasteiger charge is -2.17. The van der Waals surface area contributed by atoms with E-state index in [9.17, 15) is 0 Å². The van der Waals surface area contributed by atoms with Crippen LogP contribution in [0, 0.1) is 0 Å². The molecule has 1 saturated carbocycles. The van der Waals surface area contributed by atoms with Crippen molar-refractivity contribution in [2.24, 2.45) is 0 Å². The van der Waals surface area contributed by atoms with E-state index in [4.69, 9.17) is 9.47 Å². The van der Waals surface area contributed by atoms with Crippen LogP contribution in [-0.4, -0.2) is 25.3 Å². The largest absolute Gasteiger partial charge is 0.490 e. The van der Waals surface area contributed by atoms with Gasteiger partial charge < -0.3 is 14.8 Å². The summed E-state index contributed by atoms with van der Waals surface area (Å²) >= 11 is 0. The van der Waals surface area contributed by atoms with Crippen molar-refractivity contribution in [3.05, 3.63) is 24.3 Å². The van der Waals surface area contributed by atoms with Crippen molar-refractivity contribution in [3.8, 4) is 11.5 Å². The summed E-state index contributed by atoms with van der Waals surface area (Å²) < 4.78 is 11.5. The Morgan fingerprint density at radius 2 is 2.00 bits per heavy atom. The number of nitrogens with one attached hydrogen (secondary N) is 1. The Bertz CT molecular complexity index is 363. The van der Waals surface area contributed by atoms with E-state index < -0.39 is 0 Å². The molecule has 1 aliphatic carbocycles. The fourth-order valence-corrected chi connectivity index (χ4v) is 1.88. The summed E-state index contributed by atoms with van der Waals surface area (Å²) in [5, 5.41) is 3.50. The van der Waals surface area contributed by atoms with Crippen molar-refractivity contribution >= 4 is 0 Å². The Kier molecular flexibility index (Phi) is 4.88. The van der Waals surface area contributed by atoms with Crippen molar-refractivity contribution in [3.63, 3.8) is 0 Å².